The molecule has 0 saturated carbocycles. The fourth-order valence-electron chi connectivity index (χ4n) is 3.18. The zero-order valence-electron chi connectivity index (χ0n) is 14.1. The van der Waals surface area contributed by atoms with Crippen LogP contribution in [0.2, 0.25) is 0 Å². The van der Waals surface area contributed by atoms with Crippen molar-refractivity contribution in [1.29, 1.82) is 0 Å². The number of carbonyl (C=O) groups excluding carboxylic acids is 1. The molecular weight excluding hydrogens is 306 g/mol. The van der Waals surface area contributed by atoms with E-state index in [9.17, 15) is 9.90 Å². The van der Waals surface area contributed by atoms with Crippen molar-refractivity contribution in [1.82, 2.24) is 14.9 Å². The predicted octanol–water partition coefficient (Wildman–Crippen LogP) is 2.05. The summed E-state index contributed by atoms with van der Waals surface area (Å²) >= 11 is 0. The molecule has 1 fully saturated rings. The van der Waals surface area contributed by atoms with Crippen molar-refractivity contribution in [3.05, 3.63) is 53.1 Å². The molecule has 6 heteroatoms. The monoisotopic (exact) mass is 327 g/mol. The first-order valence-electron chi connectivity index (χ1n) is 7.93. The molecular formula is C18H21N3O3. The molecule has 2 heterocycles. The van der Waals surface area contributed by atoms with Gasteiger partial charge in [0.1, 0.15) is 17.3 Å². The Labute approximate surface area is 141 Å². The lowest BCUT2D eigenvalue weighted by Gasteiger charge is -2.25. The van der Waals surface area contributed by atoms with Crippen molar-refractivity contribution in [2.24, 2.45) is 0 Å². The highest BCUT2D eigenvalue weighted by molar-refractivity contribution is 5.93. The highest BCUT2D eigenvalue weighted by Crippen LogP contribution is 2.34. The van der Waals surface area contributed by atoms with Crippen LogP contribution in [0.5, 0.6) is 5.75 Å². The topological polar surface area (TPSA) is 75.6 Å². The minimum absolute atomic E-state index is 0.187. The molecule has 0 radical (unpaired) electrons. The van der Waals surface area contributed by atoms with Crippen LogP contribution in [0.15, 0.2) is 30.3 Å². The molecule has 2 atom stereocenters. The van der Waals surface area contributed by atoms with E-state index in [1.807, 2.05) is 31.2 Å². The molecule has 0 bridgehead atoms. The zero-order valence-corrected chi connectivity index (χ0v) is 14.1. The van der Waals surface area contributed by atoms with Gasteiger partial charge in [-0.2, -0.15) is 0 Å². The molecule has 1 aliphatic rings. The molecule has 24 heavy (non-hydrogen) atoms. The summed E-state index contributed by atoms with van der Waals surface area (Å²) in [6.07, 6.45) is -0.0451. The van der Waals surface area contributed by atoms with Crippen LogP contribution < -0.4 is 4.74 Å². The number of methoxy groups -OCH3 is 1. The molecule has 1 amide bonds. The summed E-state index contributed by atoms with van der Waals surface area (Å²) < 4.78 is 5.27. The quantitative estimate of drug-likeness (QED) is 0.934. The van der Waals surface area contributed by atoms with Crippen LogP contribution in [0.3, 0.4) is 0 Å². The number of hydrogen-bond donors (Lipinski definition) is 1. The summed E-state index contributed by atoms with van der Waals surface area (Å²) in [4.78, 5) is 23.1. The number of likely N-dealkylation sites (tertiary alicyclic amines) is 1. The van der Waals surface area contributed by atoms with E-state index >= 15 is 0 Å². The smallest absolute Gasteiger partial charge is 0.273 e. The standard InChI is InChI=1S/C18H21N3O3/c1-11-7-16(20-12(2)19-11)18(23)21-10-14(22)9-17(21)13-5-4-6-15(8-13)24-3/h4-8,14,17,22H,9-10H2,1-3H3/t14-,17-/m0/s1. The number of aromatic nitrogens is 2. The first-order valence-corrected chi connectivity index (χ1v) is 7.93. The average molecular weight is 327 g/mol. The summed E-state index contributed by atoms with van der Waals surface area (Å²) in [5.41, 5.74) is 2.06. The van der Waals surface area contributed by atoms with E-state index in [1.165, 1.54) is 0 Å². The zero-order chi connectivity index (χ0) is 17.3. The first-order chi connectivity index (χ1) is 11.5. The molecule has 1 aliphatic heterocycles. The molecule has 1 saturated heterocycles. The van der Waals surface area contributed by atoms with Gasteiger partial charge >= 0.3 is 0 Å². The van der Waals surface area contributed by atoms with Crippen molar-refractivity contribution in [3.63, 3.8) is 0 Å². The maximum atomic E-state index is 12.9. The Hall–Kier alpha value is -2.47. The van der Waals surface area contributed by atoms with Gasteiger partial charge in [-0.05, 0) is 44.0 Å². The Morgan fingerprint density at radius 3 is 2.79 bits per heavy atom. The minimum atomic E-state index is -0.547. The van der Waals surface area contributed by atoms with Crippen LogP contribution in [0.4, 0.5) is 0 Å². The van der Waals surface area contributed by atoms with Crippen LogP contribution in [-0.2, 0) is 0 Å². The Morgan fingerprint density at radius 2 is 2.08 bits per heavy atom. The van der Waals surface area contributed by atoms with Gasteiger partial charge in [0.2, 0.25) is 0 Å². The second kappa shape index (κ2) is 6.57. The number of aliphatic hydroxyl groups excluding tert-OH is 1. The van der Waals surface area contributed by atoms with Gasteiger partial charge in [-0.15, -0.1) is 0 Å². The summed E-state index contributed by atoms with van der Waals surface area (Å²) in [5.74, 6) is 1.11. The van der Waals surface area contributed by atoms with Crippen molar-refractivity contribution >= 4 is 5.91 Å². The number of carbonyl (C=O) groups is 1. The highest BCUT2D eigenvalue weighted by Gasteiger charge is 2.36. The van der Waals surface area contributed by atoms with E-state index < -0.39 is 6.10 Å². The van der Waals surface area contributed by atoms with Crippen molar-refractivity contribution in [3.8, 4) is 5.75 Å². The lowest BCUT2D eigenvalue weighted by molar-refractivity contribution is 0.0709. The van der Waals surface area contributed by atoms with Crippen LogP contribution in [-0.4, -0.2) is 45.6 Å². The normalized spacial score (nSPS) is 20.2. The molecule has 1 N–H and O–H groups in total. The summed E-state index contributed by atoms with van der Waals surface area (Å²) in [6, 6.07) is 9.08. The van der Waals surface area contributed by atoms with E-state index in [0.29, 0.717) is 24.5 Å². The molecule has 0 aliphatic carbocycles. The third-order valence-electron chi connectivity index (χ3n) is 4.20. The largest absolute Gasteiger partial charge is 0.497 e. The van der Waals surface area contributed by atoms with Crippen molar-refractivity contribution < 1.29 is 14.6 Å². The van der Waals surface area contributed by atoms with Crippen LogP contribution in [0.25, 0.3) is 0 Å². The molecule has 1 aromatic heterocycles. The molecule has 0 spiro atoms. The third kappa shape index (κ3) is 3.23. The lowest BCUT2D eigenvalue weighted by atomic mass is 10.0. The maximum absolute atomic E-state index is 12.9. The van der Waals surface area contributed by atoms with Gasteiger partial charge in [0.15, 0.2) is 0 Å². The van der Waals surface area contributed by atoms with Gasteiger partial charge in [-0.3, -0.25) is 4.79 Å². The molecule has 3 rings (SSSR count). The van der Waals surface area contributed by atoms with Gasteiger partial charge in [0.05, 0.1) is 19.3 Å². The Bertz CT molecular complexity index is 743. The number of benzene rings is 1. The second-order valence-electron chi connectivity index (χ2n) is 6.08. The highest BCUT2D eigenvalue weighted by atomic mass is 16.5. The van der Waals surface area contributed by atoms with Crippen molar-refractivity contribution in [2.45, 2.75) is 32.4 Å². The summed E-state index contributed by atoms with van der Waals surface area (Å²) in [7, 11) is 1.61. The van der Waals surface area contributed by atoms with Gasteiger partial charge in [0.25, 0.3) is 5.91 Å². The van der Waals surface area contributed by atoms with E-state index in [4.69, 9.17) is 4.74 Å². The predicted molar refractivity (Wildman–Crippen MR) is 88.9 cm³/mol. The van der Waals surface area contributed by atoms with Crippen LogP contribution >= 0.6 is 0 Å². The van der Waals surface area contributed by atoms with Crippen LogP contribution in [0.1, 0.15) is 40.0 Å². The molecule has 0 unspecified atom stereocenters. The first kappa shape index (κ1) is 16.4. The SMILES string of the molecule is COc1cccc([C@@H]2C[C@H](O)CN2C(=O)c2cc(C)nc(C)n2)c1. The fourth-order valence-corrected chi connectivity index (χ4v) is 3.18. The van der Waals surface area contributed by atoms with E-state index in [1.54, 1.807) is 25.0 Å². The van der Waals surface area contributed by atoms with Gasteiger partial charge in [0, 0.05) is 12.2 Å². The molecule has 126 valence electrons. The number of aliphatic hydroxyl groups is 1. The van der Waals surface area contributed by atoms with E-state index in [-0.39, 0.29) is 11.9 Å². The number of β-amino-alcohol motifs (C(OH)–C–C–N with tert-alkyl or cyclic N) is 1. The second-order valence-corrected chi connectivity index (χ2v) is 6.08. The van der Waals surface area contributed by atoms with Crippen molar-refractivity contribution in [2.75, 3.05) is 13.7 Å². The van der Waals surface area contributed by atoms with E-state index in [2.05, 4.69) is 9.97 Å². The number of hydrogen-bond acceptors (Lipinski definition) is 5. The molecule has 1 aromatic carbocycles. The Kier molecular flexibility index (Phi) is 4.49. The molecule has 2 aromatic rings. The van der Waals surface area contributed by atoms with Gasteiger partial charge < -0.3 is 14.7 Å². The van der Waals surface area contributed by atoms with Gasteiger partial charge in [-0.25, -0.2) is 9.97 Å². The average Bonchev–Trinajstić information content (AvgIpc) is 2.95. The number of aryl methyl sites for hydroxylation is 2. The summed E-state index contributed by atoms with van der Waals surface area (Å²) in [5, 5.41) is 10.1. The van der Waals surface area contributed by atoms with Crippen LogP contribution in [0, 0.1) is 13.8 Å². The maximum Gasteiger partial charge on any atom is 0.273 e. The number of nitrogens with zero attached hydrogens (tertiary/aromatic N) is 3. The van der Waals surface area contributed by atoms with Gasteiger partial charge in [-0.1, -0.05) is 12.1 Å². The Balaban J connectivity index is 1.93. The summed E-state index contributed by atoms with van der Waals surface area (Å²) in [6.45, 7) is 3.90. The Morgan fingerprint density at radius 1 is 1.29 bits per heavy atom. The van der Waals surface area contributed by atoms with E-state index in [0.717, 1.165) is 17.0 Å². The number of amides is 1. The molecule has 6 nitrogen and oxygen atoms in total. The minimum Gasteiger partial charge on any atom is -0.497 e. The third-order valence-corrected chi connectivity index (χ3v) is 4.20. The number of ether oxygens (including phenoxy) is 1. The number of rotatable bonds is 3. The fraction of sp³-hybridized carbons (Fsp3) is 0.389. The lowest BCUT2D eigenvalue weighted by Crippen LogP contribution is -2.32.